The van der Waals surface area contributed by atoms with Crippen molar-refractivity contribution in [3.05, 3.63) is 125 Å². The second-order valence-corrected chi connectivity index (χ2v) is 9.75. The van der Waals surface area contributed by atoms with Crippen LogP contribution >= 0.6 is 0 Å². The maximum Gasteiger partial charge on any atom is 0.410 e. The van der Waals surface area contributed by atoms with Gasteiger partial charge in [-0.3, -0.25) is 14.6 Å². The van der Waals surface area contributed by atoms with Gasteiger partial charge in [0, 0.05) is 24.9 Å². The molecule has 0 saturated carbocycles. The summed E-state index contributed by atoms with van der Waals surface area (Å²) in [6, 6.07) is 25.9. The molecule has 204 valence electrons. The maximum absolute atomic E-state index is 13.4. The minimum absolute atomic E-state index is 0.0619. The van der Waals surface area contributed by atoms with E-state index in [1.165, 1.54) is 17.0 Å². The summed E-state index contributed by atoms with van der Waals surface area (Å²) in [4.78, 5) is 61.8. The number of rotatable bonds is 8. The fourth-order valence-electron chi connectivity index (χ4n) is 5.26. The van der Waals surface area contributed by atoms with Gasteiger partial charge >= 0.3 is 12.1 Å². The number of aromatic nitrogens is 1. The predicted molar refractivity (Wildman–Crippen MR) is 147 cm³/mol. The van der Waals surface area contributed by atoms with E-state index in [9.17, 15) is 19.2 Å². The molecule has 1 aliphatic heterocycles. The molecule has 6 rings (SSSR count). The molecule has 0 fully saturated rings. The number of hydrogen-bond donors (Lipinski definition) is 0. The predicted octanol–water partition coefficient (Wildman–Crippen LogP) is 4.98. The highest BCUT2D eigenvalue weighted by Gasteiger charge is 2.38. The van der Waals surface area contributed by atoms with Crippen LogP contribution in [0.5, 0.6) is 0 Å². The Balaban J connectivity index is 1.13. The molecule has 9 nitrogen and oxygen atoms in total. The Labute approximate surface area is 235 Å². The summed E-state index contributed by atoms with van der Waals surface area (Å²) < 4.78 is 5.81. The monoisotopic (exact) mass is 547 g/mol. The van der Waals surface area contributed by atoms with E-state index < -0.39 is 23.9 Å². The van der Waals surface area contributed by atoms with Gasteiger partial charge in [-0.2, -0.15) is 0 Å². The molecule has 0 saturated heterocycles. The number of benzene rings is 3. The maximum atomic E-state index is 13.4. The fraction of sp³-hybridized carbons (Fsp3) is 0.156. The Kier molecular flexibility index (Phi) is 6.99. The van der Waals surface area contributed by atoms with Crippen LogP contribution in [0.2, 0.25) is 0 Å². The van der Waals surface area contributed by atoms with Crippen LogP contribution in [0.25, 0.3) is 11.1 Å². The van der Waals surface area contributed by atoms with Crippen molar-refractivity contribution in [2.24, 2.45) is 0 Å². The van der Waals surface area contributed by atoms with Gasteiger partial charge in [0.2, 0.25) is 0 Å². The number of carbonyl (C=O) groups is 4. The Hall–Kier alpha value is -5.31. The fourth-order valence-corrected chi connectivity index (χ4v) is 5.26. The first kappa shape index (κ1) is 25.9. The van der Waals surface area contributed by atoms with Gasteiger partial charge in [-0.25, -0.2) is 9.59 Å². The molecule has 2 aliphatic rings. The van der Waals surface area contributed by atoms with Crippen molar-refractivity contribution in [3.63, 3.8) is 0 Å². The van der Waals surface area contributed by atoms with Gasteiger partial charge in [0.15, 0.2) is 0 Å². The average Bonchev–Trinajstić information content (AvgIpc) is 3.45. The lowest BCUT2D eigenvalue weighted by Gasteiger charge is -2.23. The van der Waals surface area contributed by atoms with Crippen LogP contribution in [-0.4, -0.2) is 52.0 Å². The number of amides is 3. The first-order valence-corrected chi connectivity index (χ1v) is 13.2. The molecule has 0 N–H and O–H groups in total. The molecule has 0 atom stereocenters. The summed E-state index contributed by atoms with van der Waals surface area (Å²) in [5.41, 5.74) is 5.49. The van der Waals surface area contributed by atoms with E-state index in [0.29, 0.717) is 5.06 Å². The lowest BCUT2D eigenvalue weighted by atomic mass is 9.98. The summed E-state index contributed by atoms with van der Waals surface area (Å²) in [6.45, 7) is 0.203. The van der Waals surface area contributed by atoms with E-state index in [0.717, 1.165) is 27.8 Å². The first-order chi connectivity index (χ1) is 20.0. The van der Waals surface area contributed by atoms with Gasteiger partial charge in [-0.1, -0.05) is 71.8 Å². The quantitative estimate of drug-likeness (QED) is 0.287. The van der Waals surface area contributed by atoms with Crippen LogP contribution in [0, 0.1) is 0 Å². The highest BCUT2D eigenvalue weighted by Crippen LogP contribution is 2.44. The van der Waals surface area contributed by atoms with Gasteiger partial charge in [0.1, 0.15) is 6.61 Å². The molecule has 0 radical (unpaired) electrons. The van der Waals surface area contributed by atoms with E-state index in [2.05, 4.69) is 17.1 Å². The molecule has 1 aliphatic carbocycles. The van der Waals surface area contributed by atoms with Crippen LogP contribution in [0.4, 0.5) is 4.79 Å². The lowest BCUT2D eigenvalue weighted by Crippen LogP contribution is -2.36. The Morgan fingerprint density at radius 2 is 1.37 bits per heavy atom. The lowest BCUT2D eigenvalue weighted by molar-refractivity contribution is -0.168. The van der Waals surface area contributed by atoms with E-state index in [1.807, 2.05) is 42.5 Å². The van der Waals surface area contributed by atoms with Gasteiger partial charge < -0.3 is 14.5 Å². The number of imide groups is 1. The number of fused-ring (bicyclic) bond motifs is 4. The largest absolute Gasteiger partial charge is 0.448 e. The number of hydroxylamine groups is 2. The van der Waals surface area contributed by atoms with Crippen molar-refractivity contribution < 1.29 is 28.8 Å². The summed E-state index contributed by atoms with van der Waals surface area (Å²) in [5, 5.41) is 0.464. The second-order valence-electron chi connectivity index (χ2n) is 9.75. The third-order valence-electron chi connectivity index (χ3n) is 7.23. The van der Waals surface area contributed by atoms with E-state index in [1.54, 1.807) is 30.6 Å². The summed E-state index contributed by atoms with van der Waals surface area (Å²) in [7, 11) is 0. The summed E-state index contributed by atoms with van der Waals surface area (Å²) in [6.07, 6.45) is 2.38. The highest BCUT2D eigenvalue weighted by atomic mass is 16.7. The second kappa shape index (κ2) is 11.1. The van der Waals surface area contributed by atoms with Crippen molar-refractivity contribution in [2.75, 3.05) is 13.2 Å². The third kappa shape index (κ3) is 5.05. The van der Waals surface area contributed by atoms with E-state index in [-0.39, 0.29) is 43.2 Å². The zero-order valence-corrected chi connectivity index (χ0v) is 21.9. The van der Waals surface area contributed by atoms with Crippen molar-refractivity contribution in [2.45, 2.75) is 18.9 Å². The van der Waals surface area contributed by atoms with Crippen molar-refractivity contribution >= 4 is 23.9 Å². The molecule has 4 aromatic rings. The first-order valence-electron chi connectivity index (χ1n) is 13.2. The van der Waals surface area contributed by atoms with Crippen LogP contribution in [-0.2, 0) is 20.9 Å². The van der Waals surface area contributed by atoms with Gasteiger partial charge in [-0.15, -0.1) is 0 Å². The third-order valence-corrected chi connectivity index (χ3v) is 7.23. The van der Waals surface area contributed by atoms with Gasteiger partial charge in [0.05, 0.1) is 24.1 Å². The molecule has 9 heteroatoms. The van der Waals surface area contributed by atoms with Crippen molar-refractivity contribution in [1.82, 2.24) is 14.9 Å². The normalized spacial score (nSPS) is 13.4. The molecular formula is C32H25N3O6. The number of pyridine rings is 1. The molecule has 3 aromatic carbocycles. The highest BCUT2D eigenvalue weighted by molar-refractivity contribution is 6.20. The van der Waals surface area contributed by atoms with Crippen molar-refractivity contribution in [3.8, 4) is 11.1 Å². The molecule has 0 spiro atoms. The van der Waals surface area contributed by atoms with Gasteiger partial charge in [-0.05, 0) is 46.0 Å². The van der Waals surface area contributed by atoms with Crippen LogP contribution < -0.4 is 0 Å². The molecule has 2 heterocycles. The van der Waals surface area contributed by atoms with Crippen LogP contribution in [0.3, 0.4) is 0 Å². The van der Waals surface area contributed by atoms with Crippen molar-refractivity contribution in [1.29, 1.82) is 0 Å². The van der Waals surface area contributed by atoms with E-state index >= 15 is 0 Å². The average molecular weight is 548 g/mol. The van der Waals surface area contributed by atoms with Crippen LogP contribution in [0.15, 0.2) is 97.3 Å². The van der Waals surface area contributed by atoms with E-state index in [4.69, 9.17) is 9.57 Å². The topological polar surface area (TPSA) is 106 Å². The van der Waals surface area contributed by atoms with Crippen LogP contribution in [0.1, 0.15) is 49.7 Å². The number of nitrogens with zero attached hydrogens (tertiary/aromatic N) is 3. The zero-order valence-electron chi connectivity index (χ0n) is 21.9. The molecule has 3 amide bonds. The molecule has 0 unspecified atom stereocenters. The summed E-state index contributed by atoms with van der Waals surface area (Å²) >= 11 is 0. The number of ether oxygens (including phenoxy) is 1. The minimum Gasteiger partial charge on any atom is -0.448 e. The standard InChI is InChI=1S/C32H25N3O6/c36-29(41-35-30(37)26-13-5-6-14-27(26)31(35)38)15-17-34(19-21-8-7-16-33-18-21)32(39)40-20-28-24-11-3-1-9-22(24)23-10-2-4-12-25(23)28/h1-14,16,18,28H,15,17,19-20H2. The molecule has 1 aromatic heterocycles. The number of carbonyl (C=O) groups excluding carboxylic acids is 4. The smallest absolute Gasteiger partial charge is 0.410 e. The number of hydrogen-bond acceptors (Lipinski definition) is 7. The SMILES string of the molecule is O=C(CCN(Cc1cccnc1)C(=O)OCC1c2ccccc2-c2ccccc21)ON1C(=O)c2ccccc2C1=O. The molecule has 0 bridgehead atoms. The Bertz CT molecular complexity index is 1570. The molecular weight excluding hydrogens is 522 g/mol. The zero-order chi connectivity index (χ0) is 28.3. The van der Waals surface area contributed by atoms with Gasteiger partial charge in [0.25, 0.3) is 11.8 Å². The summed E-state index contributed by atoms with van der Waals surface area (Å²) in [5.74, 6) is -2.36. The Morgan fingerprint density at radius 1 is 0.780 bits per heavy atom. The molecule has 41 heavy (non-hydrogen) atoms. The Morgan fingerprint density at radius 3 is 1.95 bits per heavy atom. The minimum atomic E-state index is -0.831.